The highest BCUT2D eigenvalue weighted by Crippen LogP contribution is 2.52. The van der Waals surface area contributed by atoms with E-state index >= 15 is 0 Å². The minimum absolute atomic E-state index is 0.116. The Morgan fingerprint density at radius 3 is 2.60 bits per heavy atom. The van der Waals surface area contributed by atoms with Crippen molar-refractivity contribution in [3.05, 3.63) is 47.3 Å². The van der Waals surface area contributed by atoms with Crippen molar-refractivity contribution in [1.29, 1.82) is 0 Å². The number of rotatable bonds is 1. The summed E-state index contributed by atoms with van der Waals surface area (Å²) in [5.74, 6) is 1.23. The second-order valence-corrected chi connectivity index (χ2v) is 8.20. The molecule has 3 aliphatic carbocycles. The fraction of sp³-hybridized carbons (Fsp3) is 0.524. The summed E-state index contributed by atoms with van der Waals surface area (Å²) in [6, 6.07) is 8.42. The number of hydrogen-bond acceptors (Lipinski definition) is 2. The summed E-state index contributed by atoms with van der Waals surface area (Å²) in [6.07, 6.45) is 9.73. The summed E-state index contributed by atoms with van der Waals surface area (Å²) in [6.45, 7) is 0.657. The molecule has 6 rings (SSSR count). The summed E-state index contributed by atoms with van der Waals surface area (Å²) < 4.78 is 1.96. The first-order chi connectivity index (χ1) is 12.2. The minimum Gasteiger partial charge on any atom is -0.307 e. The Morgan fingerprint density at radius 1 is 1.12 bits per heavy atom. The van der Waals surface area contributed by atoms with E-state index in [9.17, 15) is 4.79 Å². The molecular formula is C21H25N3O. The van der Waals surface area contributed by atoms with Crippen LogP contribution in [0.5, 0.6) is 0 Å². The first kappa shape index (κ1) is 15.2. The Balaban J connectivity index is 1.59. The minimum atomic E-state index is -0.116. The van der Waals surface area contributed by atoms with E-state index in [4.69, 9.17) is 0 Å². The molecule has 25 heavy (non-hydrogen) atoms. The molecule has 2 bridgehead atoms. The molecule has 3 fully saturated rings. The van der Waals surface area contributed by atoms with Gasteiger partial charge in [-0.25, -0.2) is 0 Å². The van der Waals surface area contributed by atoms with Crippen molar-refractivity contribution in [3.8, 4) is 0 Å². The van der Waals surface area contributed by atoms with Crippen LogP contribution in [0.3, 0.4) is 0 Å². The van der Waals surface area contributed by atoms with Crippen molar-refractivity contribution < 1.29 is 4.79 Å². The van der Waals surface area contributed by atoms with Gasteiger partial charge in [0.1, 0.15) is 0 Å². The Labute approximate surface area is 148 Å². The zero-order valence-corrected chi connectivity index (χ0v) is 14.9. The van der Waals surface area contributed by atoms with Crippen LogP contribution in [0.4, 0.5) is 5.69 Å². The normalized spacial score (nSPS) is 27.6. The average molecular weight is 335 g/mol. The van der Waals surface area contributed by atoms with E-state index in [2.05, 4.69) is 34.3 Å². The fourth-order valence-electron chi connectivity index (χ4n) is 5.27. The van der Waals surface area contributed by atoms with Gasteiger partial charge in [0.15, 0.2) is 0 Å². The number of aryl methyl sites for hydroxylation is 1. The first-order valence-electron chi connectivity index (χ1n) is 9.56. The lowest BCUT2D eigenvalue weighted by molar-refractivity contribution is -0.134. The zero-order valence-electron chi connectivity index (χ0n) is 14.9. The molecule has 2 heterocycles. The molecule has 2 aromatic rings. The maximum atomic E-state index is 13.8. The molecule has 0 unspecified atom stereocenters. The van der Waals surface area contributed by atoms with Crippen LogP contribution >= 0.6 is 0 Å². The lowest BCUT2D eigenvalue weighted by Gasteiger charge is -2.47. The van der Waals surface area contributed by atoms with Crippen LogP contribution in [0.15, 0.2) is 30.5 Å². The molecule has 0 atom stereocenters. The highest BCUT2D eigenvalue weighted by molar-refractivity contribution is 5.98. The summed E-state index contributed by atoms with van der Waals surface area (Å²) in [5, 5.41) is 4.44. The molecule has 0 N–H and O–H groups in total. The number of carbonyl (C=O) groups excluding carboxylic acids is 1. The lowest BCUT2D eigenvalue weighted by Crippen LogP contribution is -2.48. The van der Waals surface area contributed by atoms with Gasteiger partial charge in [-0.3, -0.25) is 9.48 Å². The number of fused-ring (bicyclic) bond motifs is 5. The van der Waals surface area contributed by atoms with Gasteiger partial charge in [0.05, 0.1) is 12.7 Å². The Bertz CT molecular complexity index is 816. The molecule has 130 valence electrons. The summed E-state index contributed by atoms with van der Waals surface area (Å²) in [4.78, 5) is 15.8. The van der Waals surface area contributed by atoms with Crippen LogP contribution < -0.4 is 4.90 Å². The predicted octanol–water partition coefficient (Wildman–Crippen LogP) is 3.83. The molecule has 0 saturated heterocycles. The highest BCUT2D eigenvalue weighted by Gasteiger charge is 2.48. The summed E-state index contributed by atoms with van der Waals surface area (Å²) in [5.41, 5.74) is 4.64. The monoisotopic (exact) mass is 335 g/mol. The molecule has 1 aromatic carbocycles. The van der Waals surface area contributed by atoms with Crippen LogP contribution in [0, 0.1) is 11.3 Å². The quantitative estimate of drug-likeness (QED) is 0.794. The number of aromatic nitrogens is 2. The van der Waals surface area contributed by atoms with E-state index in [0.29, 0.717) is 12.5 Å². The van der Waals surface area contributed by atoms with E-state index in [1.54, 1.807) is 0 Å². The SMILES string of the molecule is Cn1ncc2c1Cc1ccccc1N(C(=O)C13CCC(CC1)CC3)C2. The van der Waals surface area contributed by atoms with Crippen molar-refractivity contribution in [2.24, 2.45) is 18.4 Å². The molecule has 4 nitrogen and oxygen atoms in total. The number of anilines is 1. The molecule has 3 saturated carbocycles. The average Bonchev–Trinajstić information content (AvgIpc) is 2.92. The standard InChI is InChI=1S/C21H25N3O/c1-23-19-12-16-4-2-3-5-18(16)24(14-17(19)13-22-23)20(25)21-9-6-15(7-10-21)8-11-21/h2-5,13,15H,6-12,14H2,1H3. The third-order valence-electron chi connectivity index (χ3n) is 6.91. The van der Waals surface area contributed by atoms with E-state index in [0.717, 1.165) is 37.3 Å². The smallest absolute Gasteiger partial charge is 0.233 e. The van der Waals surface area contributed by atoms with Crippen LogP contribution in [-0.4, -0.2) is 15.7 Å². The largest absolute Gasteiger partial charge is 0.307 e. The van der Waals surface area contributed by atoms with Crippen LogP contribution in [0.2, 0.25) is 0 Å². The molecular weight excluding hydrogens is 310 g/mol. The van der Waals surface area contributed by atoms with Crippen molar-refractivity contribution in [2.45, 2.75) is 51.5 Å². The highest BCUT2D eigenvalue weighted by atomic mass is 16.2. The van der Waals surface area contributed by atoms with Gasteiger partial charge in [-0.15, -0.1) is 0 Å². The second kappa shape index (κ2) is 5.45. The van der Waals surface area contributed by atoms with Gasteiger partial charge in [-0.2, -0.15) is 5.10 Å². The van der Waals surface area contributed by atoms with Gasteiger partial charge in [0.2, 0.25) is 5.91 Å². The summed E-state index contributed by atoms with van der Waals surface area (Å²) >= 11 is 0. The van der Waals surface area contributed by atoms with Crippen LogP contribution in [0.25, 0.3) is 0 Å². The fourth-order valence-corrected chi connectivity index (χ4v) is 5.27. The maximum absolute atomic E-state index is 13.8. The number of benzene rings is 1. The van der Waals surface area contributed by atoms with Gasteiger partial charge in [-0.1, -0.05) is 18.2 Å². The number of nitrogens with zero attached hydrogens (tertiary/aromatic N) is 3. The van der Waals surface area contributed by atoms with Gasteiger partial charge in [0, 0.05) is 35.8 Å². The van der Waals surface area contributed by atoms with Crippen molar-refractivity contribution in [2.75, 3.05) is 4.90 Å². The zero-order chi connectivity index (χ0) is 17.0. The van der Waals surface area contributed by atoms with Gasteiger partial charge in [-0.05, 0) is 56.1 Å². The van der Waals surface area contributed by atoms with Crippen molar-refractivity contribution >= 4 is 11.6 Å². The van der Waals surface area contributed by atoms with Crippen molar-refractivity contribution in [1.82, 2.24) is 9.78 Å². The maximum Gasteiger partial charge on any atom is 0.233 e. The van der Waals surface area contributed by atoms with E-state index < -0.39 is 0 Å². The van der Waals surface area contributed by atoms with Crippen LogP contribution in [-0.2, 0) is 24.8 Å². The number of hydrogen-bond donors (Lipinski definition) is 0. The Kier molecular flexibility index (Phi) is 3.31. The molecule has 4 aliphatic rings. The Hall–Kier alpha value is -2.10. The molecule has 0 spiro atoms. The molecule has 0 radical (unpaired) electrons. The molecule has 4 heteroatoms. The third-order valence-corrected chi connectivity index (χ3v) is 6.91. The number of carbonyl (C=O) groups is 1. The molecule has 1 aromatic heterocycles. The van der Waals surface area contributed by atoms with Crippen LogP contribution in [0.1, 0.15) is 55.3 Å². The first-order valence-corrected chi connectivity index (χ1v) is 9.56. The Morgan fingerprint density at radius 2 is 1.84 bits per heavy atom. The van der Waals surface area contributed by atoms with Gasteiger partial charge < -0.3 is 4.90 Å². The number of para-hydroxylation sites is 1. The van der Waals surface area contributed by atoms with E-state index in [1.807, 2.05) is 17.9 Å². The number of amides is 1. The van der Waals surface area contributed by atoms with Gasteiger partial charge in [0.25, 0.3) is 0 Å². The van der Waals surface area contributed by atoms with E-state index in [-0.39, 0.29) is 5.41 Å². The lowest BCUT2D eigenvalue weighted by atomic mass is 9.60. The van der Waals surface area contributed by atoms with Gasteiger partial charge >= 0.3 is 0 Å². The third kappa shape index (κ3) is 2.26. The van der Waals surface area contributed by atoms with Crippen molar-refractivity contribution in [3.63, 3.8) is 0 Å². The second-order valence-electron chi connectivity index (χ2n) is 8.20. The molecule has 1 aliphatic heterocycles. The van der Waals surface area contributed by atoms with E-state index in [1.165, 1.54) is 36.1 Å². The summed E-state index contributed by atoms with van der Waals surface area (Å²) in [7, 11) is 2.00. The molecule has 1 amide bonds. The topological polar surface area (TPSA) is 38.1 Å². The predicted molar refractivity (Wildman–Crippen MR) is 97.3 cm³/mol.